The summed E-state index contributed by atoms with van der Waals surface area (Å²) in [4.78, 5) is 15.7. The Morgan fingerprint density at radius 1 is 1.03 bits per heavy atom. The summed E-state index contributed by atoms with van der Waals surface area (Å²) < 4.78 is 11.2. The molecule has 1 N–H and O–H groups in total. The van der Waals surface area contributed by atoms with E-state index in [0.29, 0.717) is 11.6 Å². The summed E-state index contributed by atoms with van der Waals surface area (Å²) in [6.07, 6.45) is 4.85. The number of amides is 1. The normalized spacial score (nSPS) is 18.6. The molecule has 0 aromatic heterocycles. The van der Waals surface area contributed by atoms with Gasteiger partial charge in [0, 0.05) is 30.3 Å². The van der Waals surface area contributed by atoms with E-state index in [1.54, 1.807) is 0 Å². The fourth-order valence-corrected chi connectivity index (χ4v) is 4.71. The van der Waals surface area contributed by atoms with Gasteiger partial charge in [-0.25, -0.2) is 0 Å². The molecule has 2 aromatic rings. The van der Waals surface area contributed by atoms with Crippen LogP contribution in [0.3, 0.4) is 0 Å². The number of hydrogen-bond donors (Lipinski definition) is 1. The molecule has 6 heteroatoms. The molecule has 1 amide bonds. The van der Waals surface area contributed by atoms with Crippen LogP contribution >= 0.6 is 11.6 Å². The Balaban J connectivity index is 1.30. The van der Waals surface area contributed by atoms with Gasteiger partial charge in [-0.15, -0.1) is 0 Å². The van der Waals surface area contributed by atoms with Crippen molar-refractivity contribution in [3.8, 4) is 5.75 Å². The molecule has 0 spiro atoms. The summed E-state index contributed by atoms with van der Waals surface area (Å²) in [6, 6.07) is 15.4. The summed E-state index contributed by atoms with van der Waals surface area (Å²) >= 11 is 6.05. The summed E-state index contributed by atoms with van der Waals surface area (Å²) in [5.41, 5.74) is 1.37. The molecule has 1 aliphatic carbocycles. The maximum atomic E-state index is 13.3. The lowest BCUT2D eigenvalue weighted by atomic mass is 9.78. The minimum atomic E-state index is -0.473. The van der Waals surface area contributed by atoms with Crippen molar-refractivity contribution in [1.29, 1.82) is 0 Å². The number of anilines is 1. The number of morpholine rings is 1. The fourth-order valence-electron chi connectivity index (χ4n) is 4.58. The van der Waals surface area contributed by atoms with E-state index in [0.717, 1.165) is 82.0 Å². The molecule has 2 aliphatic rings. The van der Waals surface area contributed by atoms with Gasteiger partial charge in [0.15, 0.2) is 0 Å². The van der Waals surface area contributed by atoms with Gasteiger partial charge in [-0.05, 0) is 61.2 Å². The maximum absolute atomic E-state index is 13.3. The van der Waals surface area contributed by atoms with Gasteiger partial charge in [-0.2, -0.15) is 0 Å². The number of carbonyl (C=O) groups is 1. The van der Waals surface area contributed by atoms with E-state index in [9.17, 15) is 4.79 Å². The maximum Gasteiger partial charge on any atom is 0.235 e. The first-order chi connectivity index (χ1) is 15.2. The Kier molecular flexibility index (Phi) is 7.49. The van der Waals surface area contributed by atoms with Crippen LogP contribution in [0.5, 0.6) is 5.75 Å². The Hall–Kier alpha value is -2.08. The Labute approximate surface area is 189 Å². The molecule has 0 unspecified atom stereocenters. The van der Waals surface area contributed by atoms with E-state index < -0.39 is 5.41 Å². The first-order valence-electron chi connectivity index (χ1n) is 11.3. The molecule has 0 bridgehead atoms. The number of nitrogens with one attached hydrogen (secondary N) is 1. The zero-order chi connectivity index (χ0) is 21.5. The summed E-state index contributed by atoms with van der Waals surface area (Å²) in [5, 5.41) is 3.82. The van der Waals surface area contributed by atoms with Crippen LogP contribution in [0.1, 0.15) is 37.7 Å². The molecule has 1 aliphatic heterocycles. The summed E-state index contributed by atoms with van der Waals surface area (Å²) in [6.45, 7) is 5.38. The van der Waals surface area contributed by atoms with Gasteiger partial charge >= 0.3 is 0 Å². The SMILES string of the molecule is O=C(Nc1ccc(OCCCN2CCOCC2)cc1)C1(c2ccc(Cl)cc2)CCCC1. The fraction of sp³-hybridized carbons (Fsp3) is 0.480. The smallest absolute Gasteiger partial charge is 0.235 e. The minimum absolute atomic E-state index is 0.0616. The lowest BCUT2D eigenvalue weighted by molar-refractivity contribution is -0.121. The van der Waals surface area contributed by atoms with E-state index in [2.05, 4.69) is 10.2 Å². The molecule has 1 saturated carbocycles. The van der Waals surface area contributed by atoms with Crippen LogP contribution in [0.15, 0.2) is 48.5 Å². The van der Waals surface area contributed by atoms with Crippen molar-refractivity contribution >= 4 is 23.2 Å². The van der Waals surface area contributed by atoms with Crippen molar-refractivity contribution in [1.82, 2.24) is 4.90 Å². The van der Waals surface area contributed by atoms with Crippen molar-refractivity contribution in [2.45, 2.75) is 37.5 Å². The molecule has 2 aromatic carbocycles. The molecule has 5 nitrogen and oxygen atoms in total. The second-order valence-corrected chi connectivity index (χ2v) is 8.87. The third-order valence-corrected chi connectivity index (χ3v) is 6.64. The van der Waals surface area contributed by atoms with Crippen molar-refractivity contribution in [3.05, 3.63) is 59.1 Å². The summed E-state index contributed by atoms with van der Waals surface area (Å²) in [7, 11) is 0. The molecule has 4 rings (SSSR count). The topological polar surface area (TPSA) is 50.8 Å². The highest BCUT2D eigenvalue weighted by atomic mass is 35.5. The zero-order valence-corrected chi connectivity index (χ0v) is 18.7. The molecule has 2 fully saturated rings. The molecule has 166 valence electrons. The molecule has 31 heavy (non-hydrogen) atoms. The van der Waals surface area contributed by atoms with Crippen molar-refractivity contribution in [2.24, 2.45) is 0 Å². The highest BCUT2D eigenvalue weighted by Gasteiger charge is 2.42. The number of rotatable bonds is 8. The summed E-state index contributed by atoms with van der Waals surface area (Å²) in [5.74, 6) is 0.889. The van der Waals surface area contributed by atoms with Crippen LogP contribution in [0.4, 0.5) is 5.69 Å². The second-order valence-electron chi connectivity index (χ2n) is 8.43. The van der Waals surface area contributed by atoms with Crippen LogP contribution in [-0.2, 0) is 14.9 Å². The molecular formula is C25H31ClN2O3. The number of ether oxygens (including phenoxy) is 2. The zero-order valence-electron chi connectivity index (χ0n) is 17.9. The van der Waals surface area contributed by atoms with Gasteiger partial charge in [0.05, 0.1) is 25.2 Å². The minimum Gasteiger partial charge on any atom is -0.494 e. The Bertz CT molecular complexity index is 842. The average Bonchev–Trinajstić information content (AvgIpc) is 3.30. The third-order valence-electron chi connectivity index (χ3n) is 6.39. The molecule has 0 atom stereocenters. The largest absolute Gasteiger partial charge is 0.494 e. The number of benzene rings is 2. The van der Waals surface area contributed by atoms with E-state index in [4.69, 9.17) is 21.1 Å². The van der Waals surface area contributed by atoms with E-state index in [1.165, 1.54) is 0 Å². The van der Waals surface area contributed by atoms with Gasteiger partial charge < -0.3 is 14.8 Å². The number of hydrogen-bond acceptors (Lipinski definition) is 4. The predicted octanol–water partition coefficient (Wildman–Crippen LogP) is 4.89. The van der Waals surface area contributed by atoms with Crippen LogP contribution in [0.2, 0.25) is 5.02 Å². The van der Waals surface area contributed by atoms with Gasteiger partial charge in [0.25, 0.3) is 0 Å². The van der Waals surface area contributed by atoms with Crippen molar-refractivity contribution in [3.63, 3.8) is 0 Å². The Morgan fingerprint density at radius 2 is 1.71 bits per heavy atom. The molecular weight excluding hydrogens is 412 g/mol. The number of nitrogens with zero attached hydrogens (tertiary/aromatic N) is 1. The van der Waals surface area contributed by atoms with Gasteiger partial charge in [0.1, 0.15) is 5.75 Å². The van der Waals surface area contributed by atoms with Crippen LogP contribution in [0.25, 0.3) is 0 Å². The predicted molar refractivity (Wildman–Crippen MR) is 124 cm³/mol. The van der Waals surface area contributed by atoms with Crippen molar-refractivity contribution in [2.75, 3.05) is 44.8 Å². The van der Waals surface area contributed by atoms with Gasteiger partial charge in [-0.3, -0.25) is 9.69 Å². The quantitative estimate of drug-likeness (QED) is 0.591. The lowest BCUT2D eigenvalue weighted by Gasteiger charge is -2.28. The van der Waals surface area contributed by atoms with Crippen LogP contribution < -0.4 is 10.1 Å². The number of carbonyl (C=O) groups excluding carboxylic acids is 1. The monoisotopic (exact) mass is 442 g/mol. The average molecular weight is 443 g/mol. The first kappa shape index (κ1) is 22.1. The van der Waals surface area contributed by atoms with Crippen LogP contribution in [-0.4, -0.2) is 50.3 Å². The second kappa shape index (κ2) is 10.5. The van der Waals surface area contributed by atoms with Crippen LogP contribution in [0, 0.1) is 0 Å². The van der Waals surface area contributed by atoms with Crippen molar-refractivity contribution < 1.29 is 14.3 Å². The van der Waals surface area contributed by atoms with E-state index >= 15 is 0 Å². The highest BCUT2D eigenvalue weighted by Crippen LogP contribution is 2.42. The molecule has 1 saturated heterocycles. The van der Waals surface area contributed by atoms with E-state index in [1.807, 2.05) is 48.5 Å². The van der Waals surface area contributed by atoms with E-state index in [-0.39, 0.29) is 5.91 Å². The van der Waals surface area contributed by atoms with Gasteiger partial charge in [-0.1, -0.05) is 36.6 Å². The first-order valence-corrected chi connectivity index (χ1v) is 11.6. The third kappa shape index (κ3) is 5.59. The highest BCUT2D eigenvalue weighted by molar-refractivity contribution is 6.30. The van der Waals surface area contributed by atoms with Gasteiger partial charge in [0.2, 0.25) is 5.91 Å². The standard InChI is InChI=1S/C25H31ClN2O3/c26-21-6-4-20(5-7-21)25(12-1-2-13-25)24(29)27-22-8-10-23(11-9-22)31-17-3-14-28-15-18-30-19-16-28/h4-11H,1-3,12-19H2,(H,27,29). The lowest BCUT2D eigenvalue weighted by Crippen LogP contribution is -2.37. The Morgan fingerprint density at radius 3 is 2.39 bits per heavy atom. The molecule has 0 radical (unpaired) electrons. The number of halogens is 1. The molecule has 1 heterocycles.